The van der Waals surface area contributed by atoms with Gasteiger partial charge in [-0.05, 0) is 34.3 Å². The molecule has 0 heterocycles. The summed E-state index contributed by atoms with van der Waals surface area (Å²) in [6, 6.07) is 25.0. The van der Waals surface area contributed by atoms with Gasteiger partial charge in [0, 0.05) is 11.1 Å². The van der Waals surface area contributed by atoms with Gasteiger partial charge >= 0.3 is 0 Å². The van der Waals surface area contributed by atoms with E-state index in [0.29, 0.717) is 11.1 Å². The van der Waals surface area contributed by atoms with Crippen LogP contribution in [0.3, 0.4) is 0 Å². The molecule has 0 aromatic heterocycles. The van der Waals surface area contributed by atoms with Crippen LogP contribution in [0.1, 0.15) is 50.8 Å². The molecular formula is C25H18O2. The van der Waals surface area contributed by atoms with E-state index in [1.54, 1.807) is 12.1 Å². The number of carbonyl (C=O) groups is 2. The van der Waals surface area contributed by atoms with Crippen LogP contribution in [-0.4, -0.2) is 11.6 Å². The van der Waals surface area contributed by atoms with Crippen molar-refractivity contribution in [2.24, 2.45) is 0 Å². The molecule has 0 radical (unpaired) electrons. The Kier molecular flexibility index (Phi) is 3.32. The van der Waals surface area contributed by atoms with Crippen molar-refractivity contribution in [3.8, 4) is 0 Å². The fourth-order valence-corrected chi connectivity index (χ4v) is 4.79. The zero-order valence-electron chi connectivity index (χ0n) is 15.0. The van der Waals surface area contributed by atoms with Crippen LogP contribution >= 0.6 is 0 Å². The third-order valence-electron chi connectivity index (χ3n) is 5.85. The fourth-order valence-electron chi connectivity index (χ4n) is 4.79. The van der Waals surface area contributed by atoms with Crippen LogP contribution in [0.25, 0.3) is 11.1 Å². The number of carbonyl (C=O) groups excluding carboxylic acids is 2. The van der Waals surface area contributed by atoms with Crippen LogP contribution in [0, 0.1) is 0 Å². The van der Waals surface area contributed by atoms with Gasteiger partial charge in [-0.25, -0.2) is 0 Å². The first-order valence-electron chi connectivity index (χ1n) is 9.28. The minimum absolute atomic E-state index is 0.0992. The Morgan fingerprint density at radius 1 is 0.667 bits per heavy atom. The smallest absolute Gasteiger partial charge is 0.186 e. The molecule has 1 spiro atoms. The summed E-state index contributed by atoms with van der Waals surface area (Å²) in [5.41, 5.74) is 4.54. The molecule has 2 nitrogen and oxygen atoms in total. The largest absolute Gasteiger partial charge is 0.292 e. The van der Waals surface area contributed by atoms with Crippen LogP contribution < -0.4 is 0 Å². The molecule has 0 aliphatic heterocycles. The Labute approximate surface area is 158 Å². The van der Waals surface area contributed by atoms with E-state index in [4.69, 9.17) is 0 Å². The van der Waals surface area contributed by atoms with Gasteiger partial charge in [-0.2, -0.15) is 0 Å². The summed E-state index contributed by atoms with van der Waals surface area (Å²) in [5, 5.41) is 0. The van der Waals surface area contributed by atoms with E-state index in [1.165, 1.54) is 0 Å². The Morgan fingerprint density at radius 3 is 1.78 bits per heavy atom. The summed E-state index contributed by atoms with van der Waals surface area (Å²) in [5.74, 6) is -0.198. The summed E-state index contributed by atoms with van der Waals surface area (Å²) < 4.78 is 0. The molecule has 0 bridgehead atoms. The minimum atomic E-state index is -1.26. The number of ketones is 2. The third-order valence-corrected chi connectivity index (χ3v) is 5.85. The molecule has 130 valence electrons. The van der Waals surface area contributed by atoms with E-state index in [2.05, 4.69) is 6.92 Å². The number of Topliss-reactive ketones (excluding diaryl/α,β-unsaturated/α-hetero) is 2. The van der Waals surface area contributed by atoms with Crippen molar-refractivity contribution in [1.29, 1.82) is 0 Å². The second-order valence-electron chi connectivity index (χ2n) is 7.07. The molecule has 0 atom stereocenters. The SMILES string of the molecule is CCC1=C(c2ccccc2)C2(C(=O)c3ccccc3C2=O)c2ccccc21. The Morgan fingerprint density at radius 2 is 1.19 bits per heavy atom. The highest BCUT2D eigenvalue weighted by Crippen LogP contribution is 2.57. The first-order valence-corrected chi connectivity index (χ1v) is 9.28. The Bertz CT molecular complexity index is 1100. The van der Waals surface area contributed by atoms with Crippen LogP contribution in [0.4, 0.5) is 0 Å². The molecular weight excluding hydrogens is 332 g/mol. The van der Waals surface area contributed by atoms with Crippen molar-refractivity contribution >= 4 is 22.7 Å². The van der Waals surface area contributed by atoms with Gasteiger partial charge in [0.15, 0.2) is 11.6 Å². The van der Waals surface area contributed by atoms with Gasteiger partial charge in [-0.3, -0.25) is 9.59 Å². The van der Waals surface area contributed by atoms with Crippen LogP contribution in [0.15, 0.2) is 78.9 Å². The summed E-state index contributed by atoms with van der Waals surface area (Å²) in [4.78, 5) is 27.6. The highest BCUT2D eigenvalue weighted by molar-refractivity contribution is 6.42. The van der Waals surface area contributed by atoms with Crippen molar-refractivity contribution in [3.63, 3.8) is 0 Å². The number of allylic oxidation sites excluding steroid dienone is 2. The molecule has 3 aromatic rings. The van der Waals surface area contributed by atoms with E-state index in [9.17, 15) is 9.59 Å². The highest BCUT2D eigenvalue weighted by atomic mass is 16.2. The standard InChI is InChI=1S/C25H18O2/c1-2-17-18-12-8-9-15-21(18)25(22(17)16-10-4-3-5-11-16)23(26)19-13-6-7-14-20(19)24(25)27/h3-15H,2H2,1H3. The molecule has 0 saturated heterocycles. The van der Waals surface area contributed by atoms with Gasteiger partial charge in [-0.15, -0.1) is 0 Å². The van der Waals surface area contributed by atoms with Crippen molar-refractivity contribution in [1.82, 2.24) is 0 Å². The molecule has 5 rings (SSSR count). The normalized spacial score (nSPS) is 16.8. The van der Waals surface area contributed by atoms with Crippen LogP contribution in [0.2, 0.25) is 0 Å². The van der Waals surface area contributed by atoms with Crippen molar-refractivity contribution in [3.05, 3.63) is 107 Å². The zero-order valence-corrected chi connectivity index (χ0v) is 15.0. The van der Waals surface area contributed by atoms with Gasteiger partial charge in [-0.1, -0.05) is 85.8 Å². The van der Waals surface area contributed by atoms with Crippen LogP contribution in [0.5, 0.6) is 0 Å². The zero-order chi connectivity index (χ0) is 18.6. The summed E-state index contributed by atoms with van der Waals surface area (Å²) in [6.45, 7) is 2.09. The molecule has 3 aromatic carbocycles. The molecule has 27 heavy (non-hydrogen) atoms. The fraction of sp³-hybridized carbons (Fsp3) is 0.120. The van der Waals surface area contributed by atoms with E-state index in [0.717, 1.165) is 34.3 Å². The molecule has 0 fully saturated rings. The third kappa shape index (κ3) is 1.85. The average molecular weight is 350 g/mol. The summed E-state index contributed by atoms with van der Waals surface area (Å²) in [6.07, 6.45) is 0.764. The lowest BCUT2D eigenvalue weighted by atomic mass is 9.70. The second-order valence-corrected chi connectivity index (χ2v) is 7.07. The molecule has 0 saturated carbocycles. The Hall–Kier alpha value is -3.26. The maximum atomic E-state index is 13.8. The van der Waals surface area contributed by atoms with Crippen molar-refractivity contribution in [2.45, 2.75) is 18.8 Å². The van der Waals surface area contributed by atoms with Gasteiger partial charge in [0.1, 0.15) is 5.41 Å². The molecule has 0 amide bonds. The molecule has 2 heteroatoms. The number of benzene rings is 3. The predicted octanol–water partition coefficient (Wildman–Crippen LogP) is 5.34. The monoisotopic (exact) mass is 350 g/mol. The lowest BCUT2D eigenvalue weighted by Crippen LogP contribution is -2.38. The van der Waals surface area contributed by atoms with E-state index < -0.39 is 5.41 Å². The van der Waals surface area contributed by atoms with Crippen molar-refractivity contribution in [2.75, 3.05) is 0 Å². The maximum Gasteiger partial charge on any atom is 0.186 e. The average Bonchev–Trinajstić information content (AvgIpc) is 3.15. The van der Waals surface area contributed by atoms with Gasteiger partial charge < -0.3 is 0 Å². The van der Waals surface area contributed by atoms with Gasteiger partial charge in [0.25, 0.3) is 0 Å². The number of rotatable bonds is 2. The molecule has 2 aliphatic carbocycles. The molecule has 0 unspecified atom stereocenters. The molecule has 2 aliphatic rings. The van der Waals surface area contributed by atoms with Crippen molar-refractivity contribution < 1.29 is 9.59 Å². The quantitative estimate of drug-likeness (QED) is 0.585. The topological polar surface area (TPSA) is 34.1 Å². The lowest BCUT2D eigenvalue weighted by Gasteiger charge is -2.26. The second kappa shape index (κ2) is 5.62. The van der Waals surface area contributed by atoms with Gasteiger partial charge in [0.05, 0.1) is 0 Å². The first-order chi connectivity index (χ1) is 13.2. The Balaban J connectivity index is 1.92. The van der Waals surface area contributed by atoms with E-state index >= 15 is 0 Å². The first kappa shape index (κ1) is 16.0. The summed E-state index contributed by atoms with van der Waals surface area (Å²) in [7, 11) is 0. The number of hydrogen-bond acceptors (Lipinski definition) is 2. The predicted molar refractivity (Wildman–Crippen MR) is 107 cm³/mol. The minimum Gasteiger partial charge on any atom is -0.292 e. The number of hydrogen-bond donors (Lipinski definition) is 0. The van der Waals surface area contributed by atoms with Gasteiger partial charge in [0.2, 0.25) is 0 Å². The maximum absolute atomic E-state index is 13.8. The lowest BCUT2D eigenvalue weighted by molar-refractivity contribution is 0.0845. The highest BCUT2D eigenvalue weighted by Gasteiger charge is 2.60. The molecule has 0 N–H and O–H groups in total. The van der Waals surface area contributed by atoms with Crippen LogP contribution in [-0.2, 0) is 5.41 Å². The summed E-state index contributed by atoms with van der Waals surface area (Å²) >= 11 is 0. The van der Waals surface area contributed by atoms with E-state index in [-0.39, 0.29) is 11.6 Å². The number of fused-ring (bicyclic) bond motifs is 3. The van der Waals surface area contributed by atoms with E-state index in [1.807, 2.05) is 66.7 Å².